The number of nitrogens with zero attached hydrogens (tertiary/aromatic N) is 1. The molecule has 0 radical (unpaired) electrons. The first-order valence-electron chi connectivity index (χ1n) is 7.86. The summed E-state index contributed by atoms with van der Waals surface area (Å²) in [5.41, 5.74) is 3.22. The van der Waals surface area contributed by atoms with Crippen molar-refractivity contribution in [3.63, 3.8) is 0 Å². The van der Waals surface area contributed by atoms with Crippen LogP contribution in [0.15, 0.2) is 48.5 Å². The lowest BCUT2D eigenvalue weighted by Crippen LogP contribution is -2.46. The van der Waals surface area contributed by atoms with Crippen molar-refractivity contribution in [2.24, 2.45) is 0 Å². The second kappa shape index (κ2) is 7.88. The van der Waals surface area contributed by atoms with Crippen LogP contribution >= 0.6 is 11.6 Å². The third kappa shape index (κ3) is 4.62. The molecule has 0 unspecified atom stereocenters. The van der Waals surface area contributed by atoms with Crippen molar-refractivity contribution in [3.05, 3.63) is 64.7 Å². The highest BCUT2D eigenvalue weighted by Gasteiger charge is 2.28. The summed E-state index contributed by atoms with van der Waals surface area (Å²) in [7, 11) is 0. The molecule has 0 saturated carbocycles. The van der Waals surface area contributed by atoms with Crippen LogP contribution in [0.1, 0.15) is 15.9 Å². The van der Waals surface area contributed by atoms with Gasteiger partial charge in [0.1, 0.15) is 12.3 Å². The SMILES string of the molecule is O=C1CN(NC(=O)COc2ccc(C(=O)c3ccc(Cl)cc3)cc2)C(=O)N1. The zero-order valence-electron chi connectivity index (χ0n) is 13.9. The first-order chi connectivity index (χ1) is 12.9. The van der Waals surface area contributed by atoms with Gasteiger partial charge in [0.15, 0.2) is 12.4 Å². The number of hydrogen-bond acceptors (Lipinski definition) is 5. The molecule has 1 aliphatic heterocycles. The van der Waals surface area contributed by atoms with Crippen LogP contribution in [0.25, 0.3) is 0 Å². The molecule has 1 fully saturated rings. The molecule has 0 spiro atoms. The summed E-state index contributed by atoms with van der Waals surface area (Å²) in [5.74, 6) is -0.885. The molecule has 3 rings (SSSR count). The molecule has 27 heavy (non-hydrogen) atoms. The van der Waals surface area contributed by atoms with Gasteiger partial charge in [-0.3, -0.25) is 25.1 Å². The van der Waals surface area contributed by atoms with Crippen molar-refractivity contribution in [2.75, 3.05) is 13.2 Å². The van der Waals surface area contributed by atoms with E-state index in [4.69, 9.17) is 16.3 Å². The number of ketones is 1. The molecule has 0 aliphatic carbocycles. The van der Waals surface area contributed by atoms with E-state index >= 15 is 0 Å². The normalized spacial score (nSPS) is 13.3. The van der Waals surface area contributed by atoms with Crippen LogP contribution in [0, 0.1) is 0 Å². The number of imide groups is 1. The maximum absolute atomic E-state index is 12.4. The number of carbonyl (C=O) groups excluding carboxylic acids is 4. The van der Waals surface area contributed by atoms with Crippen LogP contribution in [0.4, 0.5) is 4.79 Å². The quantitative estimate of drug-likeness (QED) is 0.577. The monoisotopic (exact) mass is 387 g/mol. The lowest BCUT2D eigenvalue weighted by molar-refractivity contribution is -0.127. The van der Waals surface area contributed by atoms with Crippen molar-refractivity contribution in [3.8, 4) is 5.75 Å². The number of hydrogen-bond donors (Lipinski definition) is 2. The number of benzene rings is 2. The van der Waals surface area contributed by atoms with Gasteiger partial charge in [0.05, 0.1) is 0 Å². The average molecular weight is 388 g/mol. The van der Waals surface area contributed by atoms with Gasteiger partial charge in [-0.2, -0.15) is 0 Å². The fourth-order valence-electron chi connectivity index (χ4n) is 2.33. The Morgan fingerprint density at radius 3 is 2.19 bits per heavy atom. The molecule has 1 aliphatic rings. The molecule has 4 amide bonds. The number of halogens is 1. The number of carbonyl (C=O) groups is 4. The van der Waals surface area contributed by atoms with E-state index in [1.54, 1.807) is 48.5 Å². The van der Waals surface area contributed by atoms with Gasteiger partial charge in [-0.05, 0) is 48.5 Å². The standard InChI is InChI=1S/C18H14ClN3O5/c19-13-5-1-11(2-6-13)17(25)12-3-7-14(8-4-12)27-10-16(24)21-22-9-15(23)20-18(22)26/h1-8H,9-10H2,(H,21,24)(H,20,23,26). The number of nitrogens with one attached hydrogen (secondary N) is 2. The Labute approximate surface area is 159 Å². The highest BCUT2D eigenvalue weighted by Crippen LogP contribution is 2.17. The van der Waals surface area contributed by atoms with Crippen molar-refractivity contribution < 1.29 is 23.9 Å². The van der Waals surface area contributed by atoms with Crippen LogP contribution in [0.5, 0.6) is 5.75 Å². The van der Waals surface area contributed by atoms with E-state index in [-0.39, 0.29) is 18.9 Å². The van der Waals surface area contributed by atoms with Gasteiger partial charge >= 0.3 is 6.03 Å². The summed E-state index contributed by atoms with van der Waals surface area (Å²) in [6.07, 6.45) is 0. The smallest absolute Gasteiger partial charge is 0.343 e. The van der Waals surface area contributed by atoms with Crippen LogP contribution in [-0.4, -0.2) is 41.8 Å². The Bertz CT molecular complexity index is 896. The predicted octanol–water partition coefficient (Wildman–Crippen LogP) is 1.53. The molecule has 1 heterocycles. The van der Waals surface area contributed by atoms with Crippen LogP contribution < -0.4 is 15.5 Å². The van der Waals surface area contributed by atoms with E-state index in [1.807, 2.05) is 5.32 Å². The molecular formula is C18H14ClN3O5. The third-order valence-electron chi connectivity index (χ3n) is 3.65. The molecule has 0 atom stereocenters. The number of rotatable bonds is 6. The number of urea groups is 1. The second-order valence-electron chi connectivity index (χ2n) is 5.62. The number of hydrazine groups is 1. The summed E-state index contributed by atoms with van der Waals surface area (Å²) in [6.45, 7) is -0.603. The van der Waals surface area contributed by atoms with Crippen molar-refractivity contribution >= 4 is 35.2 Å². The zero-order chi connectivity index (χ0) is 19.4. The average Bonchev–Trinajstić information content (AvgIpc) is 2.97. The minimum Gasteiger partial charge on any atom is -0.484 e. The van der Waals surface area contributed by atoms with Gasteiger partial charge in [-0.1, -0.05) is 11.6 Å². The first kappa shape index (κ1) is 18.4. The van der Waals surface area contributed by atoms with Gasteiger partial charge in [-0.25, -0.2) is 9.80 Å². The maximum Gasteiger partial charge on any atom is 0.343 e. The molecule has 138 valence electrons. The molecule has 2 aromatic carbocycles. The Kier molecular flexibility index (Phi) is 5.37. The molecule has 2 aromatic rings. The highest BCUT2D eigenvalue weighted by atomic mass is 35.5. The van der Waals surface area contributed by atoms with Gasteiger partial charge in [0, 0.05) is 16.1 Å². The topological polar surface area (TPSA) is 105 Å². The van der Waals surface area contributed by atoms with Crippen molar-refractivity contribution in [1.82, 2.24) is 15.8 Å². The second-order valence-corrected chi connectivity index (χ2v) is 6.06. The van der Waals surface area contributed by atoms with Gasteiger partial charge in [0.25, 0.3) is 5.91 Å². The van der Waals surface area contributed by atoms with E-state index in [0.717, 1.165) is 5.01 Å². The van der Waals surface area contributed by atoms with E-state index in [9.17, 15) is 19.2 Å². The Balaban J connectivity index is 1.54. The molecule has 0 bridgehead atoms. The van der Waals surface area contributed by atoms with Crippen LogP contribution in [0.3, 0.4) is 0 Å². The Morgan fingerprint density at radius 2 is 1.63 bits per heavy atom. The molecular weight excluding hydrogens is 374 g/mol. The minimum absolute atomic E-state index is 0.166. The van der Waals surface area contributed by atoms with Crippen LogP contribution in [0.2, 0.25) is 5.02 Å². The number of ether oxygens (including phenoxy) is 1. The molecule has 9 heteroatoms. The predicted molar refractivity (Wildman–Crippen MR) is 95.2 cm³/mol. The Morgan fingerprint density at radius 1 is 1.04 bits per heavy atom. The summed E-state index contributed by atoms with van der Waals surface area (Å²) in [4.78, 5) is 46.5. The lowest BCUT2D eigenvalue weighted by atomic mass is 10.0. The lowest BCUT2D eigenvalue weighted by Gasteiger charge is -2.14. The van der Waals surface area contributed by atoms with Gasteiger partial charge in [0.2, 0.25) is 5.91 Å². The molecule has 1 saturated heterocycles. The number of amides is 4. The summed E-state index contributed by atoms with van der Waals surface area (Å²) in [6, 6.07) is 12.1. The van der Waals surface area contributed by atoms with Gasteiger partial charge in [-0.15, -0.1) is 0 Å². The van der Waals surface area contributed by atoms with Crippen LogP contribution in [-0.2, 0) is 9.59 Å². The van der Waals surface area contributed by atoms with E-state index in [0.29, 0.717) is 21.9 Å². The minimum atomic E-state index is -0.696. The molecule has 0 aromatic heterocycles. The highest BCUT2D eigenvalue weighted by molar-refractivity contribution is 6.30. The summed E-state index contributed by atoms with van der Waals surface area (Å²) in [5, 5.41) is 3.44. The van der Waals surface area contributed by atoms with E-state index in [2.05, 4.69) is 5.43 Å². The van der Waals surface area contributed by atoms with Crippen molar-refractivity contribution in [2.45, 2.75) is 0 Å². The summed E-state index contributed by atoms with van der Waals surface area (Å²) < 4.78 is 5.31. The molecule has 8 nitrogen and oxygen atoms in total. The van der Waals surface area contributed by atoms with E-state index in [1.165, 1.54) is 0 Å². The maximum atomic E-state index is 12.4. The fraction of sp³-hybridized carbons (Fsp3) is 0.111. The third-order valence-corrected chi connectivity index (χ3v) is 3.90. The van der Waals surface area contributed by atoms with Gasteiger partial charge < -0.3 is 4.74 Å². The summed E-state index contributed by atoms with van der Waals surface area (Å²) >= 11 is 5.81. The van der Waals surface area contributed by atoms with Crippen molar-refractivity contribution in [1.29, 1.82) is 0 Å². The Hall–Kier alpha value is -3.39. The first-order valence-corrected chi connectivity index (χ1v) is 8.24. The molecule has 2 N–H and O–H groups in total. The largest absolute Gasteiger partial charge is 0.484 e. The van der Waals surface area contributed by atoms with E-state index < -0.39 is 17.8 Å². The zero-order valence-corrected chi connectivity index (χ0v) is 14.7. The fourth-order valence-corrected chi connectivity index (χ4v) is 2.46.